The van der Waals surface area contributed by atoms with Gasteiger partial charge in [-0.1, -0.05) is 26.0 Å². The van der Waals surface area contributed by atoms with Crippen LogP contribution in [0.1, 0.15) is 26.7 Å². The first-order valence-corrected chi connectivity index (χ1v) is 5.13. The molecule has 12 heavy (non-hydrogen) atoms. The van der Waals surface area contributed by atoms with Crippen LogP contribution < -0.4 is 0 Å². The molecule has 68 valence electrons. The van der Waals surface area contributed by atoms with Gasteiger partial charge < -0.3 is 4.74 Å². The van der Waals surface area contributed by atoms with Gasteiger partial charge >= 0.3 is 0 Å². The van der Waals surface area contributed by atoms with Crippen LogP contribution in [0.25, 0.3) is 0 Å². The second-order valence-corrected chi connectivity index (χ2v) is 4.13. The molecule has 2 rings (SSSR count). The Labute approximate surface area is 74.8 Å². The molecule has 1 fully saturated rings. The van der Waals surface area contributed by atoms with Crippen molar-refractivity contribution in [3.8, 4) is 0 Å². The molecule has 0 aromatic carbocycles. The van der Waals surface area contributed by atoms with Crippen molar-refractivity contribution in [1.82, 2.24) is 0 Å². The van der Waals surface area contributed by atoms with E-state index in [2.05, 4.69) is 26.0 Å². The Morgan fingerprint density at radius 2 is 2.25 bits per heavy atom. The summed E-state index contributed by atoms with van der Waals surface area (Å²) in [5, 5.41) is 0. The summed E-state index contributed by atoms with van der Waals surface area (Å²) >= 11 is 0. The fraction of sp³-hybridized carbons (Fsp3) is 0.818. The van der Waals surface area contributed by atoms with Gasteiger partial charge in [-0.25, -0.2) is 0 Å². The molecule has 1 nitrogen and oxygen atoms in total. The molecule has 2 bridgehead atoms. The van der Waals surface area contributed by atoms with Crippen LogP contribution >= 0.6 is 0 Å². The first-order chi connectivity index (χ1) is 5.83. The molecule has 2 aliphatic carbocycles. The fourth-order valence-electron chi connectivity index (χ4n) is 2.54. The zero-order valence-corrected chi connectivity index (χ0v) is 7.99. The van der Waals surface area contributed by atoms with E-state index in [-0.39, 0.29) is 0 Å². The molecule has 0 aromatic rings. The van der Waals surface area contributed by atoms with Gasteiger partial charge in [0, 0.05) is 12.5 Å². The molecule has 0 heterocycles. The largest absolute Gasteiger partial charge is 0.378 e. The van der Waals surface area contributed by atoms with Crippen LogP contribution in [0.5, 0.6) is 0 Å². The zero-order chi connectivity index (χ0) is 8.55. The number of ether oxygens (including phenoxy) is 1. The van der Waals surface area contributed by atoms with E-state index >= 15 is 0 Å². The van der Waals surface area contributed by atoms with E-state index in [1.165, 1.54) is 6.42 Å². The van der Waals surface area contributed by atoms with Crippen molar-refractivity contribution in [1.29, 1.82) is 0 Å². The summed E-state index contributed by atoms with van der Waals surface area (Å²) < 4.78 is 5.81. The Morgan fingerprint density at radius 1 is 1.42 bits per heavy atom. The molecule has 3 unspecified atom stereocenters. The van der Waals surface area contributed by atoms with Crippen molar-refractivity contribution in [3.63, 3.8) is 0 Å². The third-order valence-corrected chi connectivity index (χ3v) is 3.33. The van der Waals surface area contributed by atoms with Gasteiger partial charge in [0.1, 0.15) is 0 Å². The number of rotatable bonds is 3. The summed E-state index contributed by atoms with van der Waals surface area (Å²) in [6.45, 7) is 5.46. The van der Waals surface area contributed by atoms with Crippen molar-refractivity contribution in [2.45, 2.75) is 32.8 Å². The molecular formula is C11H18O. The third-order valence-electron chi connectivity index (χ3n) is 3.33. The van der Waals surface area contributed by atoms with Crippen LogP contribution in [0.15, 0.2) is 12.2 Å². The Balaban J connectivity index is 1.91. The van der Waals surface area contributed by atoms with Gasteiger partial charge in [-0.05, 0) is 24.7 Å². The topological polar surface area (TPSA) is 9.23 Å². The number of allylic oxidation sites excluding steroid dienone is 1. The van der Waals surface area contributed by atoms with Crippen molar-refractivity contribution in [2.75, 3.05) is 6.61 Å². The molecule has 2 aliphatic rings. The maximum Gasteiger partial charge on any atom is 0.0646 e. The zero-order valence-electron chi connectivity index (χ0n) is 7.99. The highest BCUT2D eigenvalue weighted by Gasteiger charge is 2.42. The predicted molar refractivity (Wildman–Crippen MR) is 49.9 cm³/mol. The Hall–Kier alpha value is -0.300. The smallest absolute Gasteiger partial charge is 0.0646 e. The molecule has 0 saturated heterocycles. The molecule has 0 amide bonds. The average Bonchev–Trinajstić information content (AvgIpc) is 2.58. The molecular weight excluding hydrogens is 148 g/mol. The second-order valence-electron chi connectivity index (χ2n) is 4.13. The van der Waals surface area contributed by atoms with E-state index in [9.17, 15) is 0 Å². The van der Waals surface area contributed by atoms with Crippen LogP contribution in [0.3, 0.4) is 0 Å². The van der Waals surface area contributed by atoms with Gasteiger partial charge in [-0.15, -0.1) is 0 Å². The molecule has 0 radical (unpaired) electrons. The summed E-state index contributed by atoms with van der Waals surface area (Å²) in [5.74, 6) is 2.38. The first-order valence-electron chi connectivity index (χ1n) is 5.13. The van der Waals surface area contributed by atoms with E-state index in [4.69, 9.17) is 4.74 Å². The lowest BCUT2D eigenvalue weighted by atomic mass is 9.99. The minimum absolute atomic E-state index is 0.537. The van der Waals surface area contributed by atoms with Crippen LogP contribution in [-0.2, 0) is 4.74 Å². The summed E-state index contributed by atoms with van der Waals surface area (Å²) in [7, 11) is 0. The van der Waals surface area contributed by atoms with E-state index in [0.29, 0.717) is 6.10 Å². The highest BCUT2D eigenvalue weighted by Crippen LogP contribution is 2.45. The third kappa shape index (κ3) is 1.20. The summed E-state index contributed by atoms with van der Waals surface area (Å²) in [6, 6.07) is 0. The minimum Gasteiger partial charge on any atom is -0.378 e. The first kappa shape index (κ1) is 8.31. The molecule has 4 atom stereocenters. The second kappa shape index (κ2) is 3.21. The van der Waals surface area contributed by atoms with Gasteiger partial charge in [0.2, 0.25) is 0 Å². The SMILES string of the molecule is CCCOC1CC2C=CC1[C@H]2C. The Bertz CT molecular complexity index is 185. The molecule has 0 aliphatic heterocycles. The van der Waals surface area contributed by atoms with Crippen LogP contribution in [0.2, 0.25) is 0 Å². The predicted octanol–water partition coefficient (Wildman–Crippen LogP) is 2.62. The Kier molecular flexibility index (Phi) is 2.22. The van der Waals surface area contributed by atoms with Crippen LogP contribution in [-0.4, -0.2) is 12.7 Å². The standard InChI is InChI=1S/C11H18O/c1-3-6-12-11-7-9-4-5-10(11)8(9)2/h4-5,8-11H,3,6-7H2,1-2H3/t8-,9?,10?,11?/m0/s1. The minimum atomic E-state index is 0.537. The van der Waals surface area contributed by atoms with Crippen LogP contribution in [0.4, 0.5) is 0 Å². The van der Waals surface area contributed by atoms with Crippen molar-refractivity contribution in [3.05, 3.63) is 12.2 Å². The Morgan fingerprint density at radius 3 is 2.75 bits per heavy atom. The summed E-state index contributed by atoms with van der Waals surface area (Å²) in [5.41, 5.74) is 0. The van der Waals surface area contributed by atoms with Gasteiger partial charge in [-0.2, -0.15) is 0 Å². The highest BCUT2D eigenvalue weighted by atomic mass is 16.5. The van der Waals surface area contributed by atoms with Crippen LogP contribution in [0, 0.1) is 17.8 Å². The lowest BCUT2D eigenvalue weighted by molar-refractivity contribution is 0.0336. The quantitative estimate of drug-likeness (QED) is 0.586. The fourth-order valence-corrected chi connectivity index (χ4v) is 2.54. The van der Waals surface area contributed by atoms with E-state index in [1.807, 2.05) is 0 Å². The normalized spacial score (nSPS) is 44.2. The molecule has 0 aromatic heterocycles. The maximum atomic E-state index is 5.81. The molecule has 0 N–H and O–H groups in total. The molecule has 1 heteroatoms. The van der Waals surface area contributed by atoms with Crippen molar-refractivity contribution >= 4 is 0 Å². The van der Waals surface area contributed by atoms with E-state index < -0.39 is 0 Å². The highest BCUT2D eigenvalue weighted by molar-refractivity contribution is 5.14. The number of fused-ring (bicyclic) bond motifs is 2. The van der Waals surface area contributed by atoms with E-state index in [0.717, 1.165) is 30.8 Å². The van der Waals surface area contributed by atoms with Gasteiger partial charge in [0.05, 0.1) is 6.10 Å². The van der Waals surface area contributed by atoms with Gasteiger partial charge in [0.15, 0.2) is 0 Å². The van der Waals surface area contributed by atoms with Crippen molar-refractivity contribution < 1.29 is 4.74 Å². The summed E-state index contributed by atoms with van der Waals surface area (Å²) in [4.78, 5) is 0. The number of hydrogen-bond donors (Lipinski definition) is 0. The average molecular weight is 166 g/mol. The monoisotopic (exact) mass is 166 g/mol. The summed E-state index contributed by atoms with van der Waals surface area (Å²) in [6.07, 6.45) is 7.68. The van der Waals surface area contributed by atoms with Crippen molar-refractivity contribution in [2.24, 2.45) is 17.8 Å². The number of hydrogen-bond acceptors (Lipinski definition) is 1. The lowest BCUT2D eigenvalue weighted by Crippen LogP contribution is -2.19. The molecule has 0 spiro atoms. The lowest BCUT2D eigenvalue weighted by Gasteiger charge is -2.18. The maximum absolute atomic E-state index is 5.81. The van der Waals surface area contributed by atoms with Gasteiger partial charge in [-0.3, -0.25) is 0 Å². The van der Waals surface area contributed by atoms with Gasteiger partial charge in [0.25, 0.3) is 0 Å². The van der Waals surface area contributed by atoms with E-state index in [1.54, 1.807) is 0 Å². The molecule has 1 saturated carbocycles.